The Hall–Kier alpha value is -2.34. The summed E-state index contributed by atoms with van der Waals surface area (Å²) in [5.41, 5.74) is 1.94. The fraction of sp³-hybridized carbons (Fsp3) is 0.250. The molecule has 2 atom stereocenters. The van der Waals surface area contributed by atoms with Crippen LogP contribution in [0.4, 0.5) is 5.82 Å². The zero-order chi connectivity index (χ0) is 13.2. The fourth-order valence-corrected chi connectivity index (χ4v) is 2.78. The first-order valence-electron chi connectivity index (χ1n) is 6.48. The number of anilines is 1. The van der Waals surface area contributed by atoms with Crippen LogP contribution in [-0.4, -0.2) is 11.5 Å². The van der Waals surface area contributed by atoms with E-state index in [-0.39, 0.29) is 0 Å². The lowest BCUT2D eigenvalue weighted by Crippen LogP contribution is -2.49. The van der Waals surface area contributed by atoms with E-state index in [4.69, 9.17) is 0 Å². The van der Waals surface area contributed by atoms with Crippen LogP contribution in [0, 0.1) is 17.2 Å². The fourth-order valence-electron chi connectivity index (χ4n) is 2.78. The molecule has 3 rings (SSSR count). The quantitative estimate of drug-likeness (QED) is 0.820. The SMILES string of the molecule is C[C@H]1CN(c2ncccc2C#N)[C@@H]1c1ccccc1. The van der Waals surface area contributed by atoms with Gasteiger partial charge in [-0.15, -0.1) is 0 Å². The summed E-state index contributed by atoms with van der Waals surface area (Å²) in [5, 5.41) is 9.19. The highest BCUT2D eigenvalue weighted by Crippen LogP contribution is 2.41. The van der Waals surface area contributed by atoms with Crippen molar-refractivity contribution in [1.82, 2.24) is 4.98 Å². The number of rotatable bonds is 2. The van der Waals surface area contributed by atoms with Gasteiger partial charge in [0, 0.05) is 12.7 Å². The Kier molecular flexibility index (Phi) is 2.92. The van der Waals surface area contributed by atoms with E-state index in [0.29, 0.717) is 17.5 Å². The van der Waals surface area contributed by atoms with E-state index in [0.717, 1.165) is 12.4 Å². The summed E-state index contributed by atoms with van der Waals surface area (Å²) >= 11 is 0. The number of aromatic nitrogens is 1. The molecular formula is C16H15N3. The highest BCUT2D eigenvalue weighted by atomic mass is 15.3. The Morgan fingerprint density at radius 2 is 2.00 bits per heavy atom. The third-order valence-corrected chi connectivity index (χ3v) is 3.68. The van der Waals surface area contributed by atoms with Crippen molar-refractivity contribution in [2.45, 2.75) is 13.0 Å². The zero-order valence-electron chi connectivity index (χ0n) is 10.8. The van der Waals surface area contributed by atoms with Crippen molar-refractivity contribution in [1.29, 1.82) is 5.26 Å². The van der Waals surface area contributed by atoms with Gasteiger partial charge in [0.25, 0.3) is 0 Å². The Balaban J connectivity index is 1.97. The molecule has 0 N–H and O–H groups in total. The van der Waals surface area contributed by atoms with Crippen LogP contribution in [-0.2, 0) is 0 Å². The normalized spacial score (nSPS) is 21.6. The number of pyridine rings is 1. The van der Waals surface area contributed by atoms with Crippen molar-refractivity contribution in [2.24, 2.45) is 5.92 Å². The lowest BCUT2D eigenvalue weighted by atomic mass is 9.84. The molecule has 1 aliphatic rings. The molecule has 3 heteroatoms. The first kappa shape index (κ1) is 11.7. The standard InChI is InChI=1S/C16H15N3/c1-12-11-19(15(12)13-6-3-2-4-7-13)16-14(10-17)8-5-9-18-16/h2-9,12,15H,11H2,1H3/t12-,15-/m0/s1. The molecule has 1 aliphatic heterocycles. The summed E-state index contributed by atoms with van der Waals surface area (Å²) in [6.07, 6.45) is 1.75. The summed E-state index contributed by atoms with van der Waals surface area (Å²) < 4.78 is 0. The molecular weight excluding hydrogens is 234 g/mol. The molecule has 1 fully saturated rings. The Morgan fingerprint density at radius 3 is 2.68 bits per heavy atom. The Morgan fingerprint density at radius 1 is 1.21 bits per heavy atom. The average Bonchev–Trinajstić information content (AvgIpc) is 2.45. The maximum atomic E-state index is 9.19. The highest BCUT2D eigenvalue weighted by Gasteiger charge is 2.38. The highest BCUT2D eigenvalue weighted by molar-refractivity contribution is 5.57. The van der Waals surface area contributed by atoms with Crippen LogP contribution in [0.15, 0.2) is 48.7 Å². The first-order valence-corrected chi connectivity index (χ1v) is 6.48. The number of hydrogen-bond donors (Lipinski definition) is 0. The van der Waals surface area contributed by atoms with Crippen LogP contribution in [0.25, 0.3) is 0 Å². The van der Waals surface area contributed by atoms with E-state index < -0.39 is 0 Å². The predicted molar refractivity (Wildman–Crippen MR) is 74.6 cm³/mol. The predicted octanol–water partition coefficient (Wildman–Crippen LogP) is 3.15. The zero-order valence-corrected chi connectivity index (χ0v) is 10.8. The van der Waals surface area contributed by atoms with Crippen molar-refractivity contribution in [3.8, 4) is 6.07 Å². The van der Waals surface area contributed by atoms with Crippen LogP contribution in [0.2, 0.25) is 0 Å². The van der Waals surface area contributed by atoms with Gasteiger partial charge in [-0.1, -0.05) is 37.3 Å². The summed E-state index contributed by atoms with van der Waals surface area (Å²) in [6.45, 7) is 3.19. The van der Waals surface area contributed by atoms with Crippen LogP contribution >= 0.6 is 0 Å². The molecule has 0 aliphatic carbocycles. The topological polar surface area (TPSA) is 39.9 Å². The van der Waals surface area contributed by atoms with E-state index in [2.05, 4.69) is 47.1 Å². The van der Waals surface area contributed by atoms with Gasteiger partial charge in [-0.05, 0) is 23.6 Å². The van der Waals surface area contributed by atoms with Gasteiger partial charge in [0.05, 0.1) is 11.6 Å². The number of benzene rings is 1. The van der Waals surface area contributed by atoms with Crippen molar-refractivity contribution in [3.63, 3.8) is 0 Å². The lowest BCUT2D eigenvalue weighted by Gasteiger charge is -2.48. The van der Waals surface area contributed by atoms with Crippen molar-refractivity contribution < 1.29 is 0 Å². The van der Waals surface area contributed by atoms with Crippen molar-refractivity contribution in [3.05, 3.63) is 59.8 Å². The molecule has 94 valence electrons. The second-order valence-electron chi connectivity index (χ2n) is 4.97. The molecule has 1 saturated heterocycles. The van der Waals surface area contributed by atoms with E-state index in [1.807, 2.05) is 18.2 Å². The van der Waals surface area contributed by atoms with Crippen LogP contribution < -0.4 is 4.90 Å². The molecule has 19 heavy (non-hydrogen) atoms. The van der Waals surface area contributed by atoms with Gasteiger partial charge >= 0.3 is 0 Å². The Labute approximate surface area is 113 Å². The van der Waals surface area contributed by atoms with E-state index in [1.54, 1.807) is 6.20 Å². The first-order chi connectivity index (χ1) is 9.31. The molecule has 0 saturated carbocycles. The van der Waals surface area contributed by atoms with Gasteiger partial charge in [-0.25, -0.2) is 4.98 Å². The summed E-state index contributed by atoms with van der Waals surface area (Å²) in [4.78, 5) is 6.61. The second kappa shape index (κ2) is 4.74. The van der Waals surface area contributed by atoms with Gasteiger partial charge in [0.15, 0.2) is 0 Å². The number of hydrogen-bond acceptors (Lipinski definition) is 3. The van der Waals surface area contributed by atoms with E-state index in [9.17, 15) is 5.26 Å². The molecule has 0 spiro atoms. The van der Waals surface area contributed by atoms with Gasteiger partial charge < -0.3 is 4.90 Å². The molecule has 2 heterocycles. The molecule has 0 unspecified atom stereocenters. The molecule has 1 aromatic carbocycles. The second-order valence-corrected chi connectivity index (χ2v) is 4.97. The van der Waals surface area contributed by atoms with E-state index >= 15 is 0 Å². The monoisotopic (exact) mass is 249 g/mol. The third-order valence-electron chi connectivity index (χ3n) is 3.68. The van der Waals surface area contributed by atoms with Gasteiger partial charge in [-0.3, -0.25) is 0 Å². The Bertz CT molecular complexity index is 615. The number of nitrogens with zero attached hydrogens (tertiary/aromatic N) is 3. The average molecular weight is 249 g/mol. The molecule has 2 aromatic rings. The summed E-state index contributed by atoms with van der Waals surface area (Å²) in [6, 6.07) is 16.6. The van der Waals surface area contributed by atoms with Crippen LogP contribution in [0.3, 0.4) is 0 Å². The van der Waals surface area contributed by atoms with Gasteiger partial charge in [0.2, 0.25) is 0 Å². The van der Waals surface area contributed by atoms with Crippen LogP contribution in [0.1, 0.15) is 24.1 Å². The minimum absolute atomic E-state index is 0.322. The van der Waals surface area contributed by atoms with E-state index in [1.165, 1.54) is 5.56 Å². The van der Waals surface area contributed by atoms with Crippen molar-refractivity contribution >= 4 is 5.82 Å². The largest absolute Gasteiger partial charge is 0.348 e. The minimum atomic E-state index is 0.322. The number of nitriles is 1. The summed E-state index contributed by atoms with van der Waals surface area (Å²) in [7, 11) is 0. The molecule has 0 bridgehead atoms. The smallest absolute Gasteiger partial charge is 0.147 e. The van der Waals surface area contributed by atoms with Gasteiger partial charge in [0.1, 0.15) is 11.9 Å². The maximum absolute atomic E-state index is 9.19. The molecule has 0 amide bonds. The van der Waals surface area contributed by atoms with Crippen LogP contribution in [0.5, 0.6) is 0 Å². The molecule has 0 radical (unpaired) electrons. The molecule has 1 aromatic heterocycles. The molecule has 3 nitrogen and oxygen atoms in total. The van der Waals surface area contributed by atoms with Crippen molar-refractivity contribution in [2.75, 3.05) is 11.4 Å². The van der Waals surface area contributed by atoms with Gasteiger partial charge in [-0.2, -0.15) is 5.26 Å². The third kappa shape index (κ3) is 1.96. The minimum Gasteiger partial charge on any atom is -0.348 e. The lowest BCUT2D eigenvalue weighted by molar-refractivity contribution is 0.322. The maximum Gasteiger partial charge on any atom is 0.147 e. The summed E-state index contributed by atoms with van der Waals surface area (Å²) in [5.74, 6) is 1.38.